The maximum atomic E-state index is 12.3. The smallest absolute Gasteiger partial charge is 0.339 e. The minimum absolute atomic E-state index is 0.0281. The number of carbonyl (C=O) groups is 2. The van der Waals surface area contributed by atoms with Gasteiger partial charge in [-0.1, -0.05) is 34.8 Å². The summed E-state index contributed by atoms with van der Waals surface area (Å²) >= 11 is 18.0. The van der Waals surface area contributed by atoms with Gasteiger partial charge in [-0.15, -0.1) is 0 Å². The number of amides is 1. The molecule has 0 unspecified atom stereocenters. The van der Waals surface area contributed by atoms with Gasteiger partial charge < -0.3 is 10.1 Å². The van der Waals surface area contributed by atoms with Gasteiger partial charge in [-0.05, 0) is 42.8 Å². The first kappa shape index (κ1) is 24.3. The zero-order chi connectivity index (χ0) is 22.5. The van der Waals surface area contributed by atoms with Crippen LogP contribution >= 0.6 is 34.8 Å². The summed E-state index contributed by atoms with van der Waals surface area (Å²) in [5.74, 6) is -0.989. The monoisotopic (exact) mass is 492 g/mol. The summed E-state index contributed by atoms with van der Waals surface area (Å²) < 4.78 is 30.1. The number of anilines is 2. The van der Waals surface area contributed by atoms with Crippen LogP contribution in [0.4, 0.5) is 11.4 Å². The van der Waals surface area contributed by atoms with Gasteiger partial charge in [0.25, 0.3) is 0 Å². The minimum Gasteiger partial charge on any atom is -0.465 e. The van der Waals surface area contributed by atoms with Gasteiger partial charge in [-0.3, -0.25) is 9.10 Å². The maximum Gasteiger partial charge on any atom is 0.339 e. The summed E-state index contributed by atoms with van der Waals surface area (Å²) in [6.45, 7) is 0.0281. The van der Waals surface area contributed by atoms with Gasteiger partial charge in [0.15, 0.2) is 0 Å². The van der Waals surface area contributed by atoms with Crippen molar-refractivity contribution >= 4 is 68.1 Å². The van der Waals surface area contributed by atoms with E-state index in [1.165, 1.54) is 31.4 Å². The molecule has 1 N–H and O–H groups in total. The first-order valence-electron chi connectivity index (χ1n) is 8.63. The standard InChI is InChI=1S/C19H19Cl3N2O5S/c1-29-19(26)14-11-13(6-8-15(14)21)23-18(25)4-3-9-24(30(2,27)28)17-10-12(20)5-7-16(17)22/h5-8,10-11H,3-4,9H2,1-2H3,(H,23,25). The Morgan fingerprint density at radius 1 is 1.07 bits per heavy atom. The number of hydrogen-bond donors (Lipinski definition) is 1. The van der Waals surface area contributed by atoms with E-state index in [9.17, 15) is 18.0 Å². The fourth-order valence-corrected chi connectivity index (χ4v) is 4.22. The molecule has 2 aromatic rings. The van der Waals surface area contributed by atoms with Crippen LogP contribution in [0, 0.1) is 0 Å². The highest BCUT2D eigenvalue weighted by atomic mass is 35.5. The number of nitrogens with one attached hydrogen (secondary N) is 1. The SMILES string of the molecule is COC(=O)c1cc(NC(=O)CCCN(c2cc(Cl)ccc2Cl)S(C)(=O)=O)ccc1Cl. The highest BCUT2D eigenvalue weighted by Crippen LogP contribution is 2.31. The molecule has 0 bridgehead atoms. The van der Waals surface area contributed by atoms with Crippen molar-refractivity contribution in [1.82, 2.24) is 0 Å². The maximum absolute atomic E-state index is 12.3. The minimum atomic E-state index is -3.64. The first-order chi connectivity index (χ1) is 14.0. The van der Waals surface area contributed by atoms with E-state index in [0.717, 1.165) is 10.6 Å². The van der Waals surface area contributed by atoms with Crippen molar-refractivity contribution in [1.29, 1.82) is 0 Å². The van der Waals surface area contributed by atoms with Crippen molar-refractivity contribution in [3.8, 4) is 0 Å². The van der Waals surface area contributed by atoms with Gasteiger partial charge in [-0.2, -0.15) is 0 Å². The Morgan fingerprint density at radius 2 is 1.73 bits per heavy atom. The van der Waals surface area contributed by atoms with Crippen molar-refractivity contribution in [3.05, 3.63) is 57.0 Å². The summed E-state index contributed by atoms with van der Waals surface area (Å²) in [6.07, 6.45) is 1.30. The molecule has 30 heavy (non-hydrogen) atoms. The third-order valence-corrected chi connectivity index (χ3v) is 6.06. The lowest BCUT2D eigenvalue weighted by Gasteiger charge is -2.23. The van der Waals surface area contributed by atoms with Crippen LogP contribution in [0.3, 0.4) is 0 Å². The van der Waals surface area contributed by atoms with Crippen molar-refractivity contribution in [3.63, 3.8) is 0 Å². The molecule has 0 fully saturated rings. The van der Waals surface area contributed by atoms with E-state index in [1.807, 2.05) is 0 Å². The predicted octanol–water partition coefficient (Wildman–Crippen LogP) is 4.62. The van der Waals surface area contributed by atoms with Gasteiger partial charge in [0, 0.05) is 23.7 Å². The normalized spacial score (nSPS) is 11.1. The highest BCUT2D eigenvalue weighted by Gasteiger charge is 2.21. The summed E-state index contributed by atoms with van der Waals surface area (Å²) in [4.78, 5) is 24.0. The number of benzene rings is 2. The lowest BCUT2D eigenvalue weighted by atomic mass is 10.2. The molecule has 0 radical (unpaired) electrons. The van der Waals surface area contributed by atoms with Crippen LogP contribution in [-0.4, -0.2) is 40.2 Å². The van der Waals surface area contributed by atoms with E-state index in [0.29, 0.717) is 10.7 Å². The number of ether oxygens (including phenoxy) is 1. The van der Waals surface area contributed by atoms with Gasteiger partial charge in [0.2, 0.25) is 15.9 Å². The summed E-state index contributed by atoms with van der Waals surface area (Å²) in [6, 6.07) is 8.92. The topological polar surface area (TPSA) is 92.8 Å². The molecule has 0 atom stereocenters. The van der Waals surface area contributed by atoms with Gasteiger partial charge >= 0.3 is 5.97 Å². The number of carbonyl (C=O) groups excluding carboxylic acids is 2. The second-order valence-corrected chi connectivity index (χ2v) is 9.43. The van der Waals surface area contributed by atoms with E-state index in [2.05, 4.69) is 10.1 Å². The van der Waals surface area contributed by atoms with Crippen molar-refractivity contribution in [2.45, 2.75) is 12.8 Å². The van der Waals surface area contributed by atoms with Crippen LogP contribution in [0.2, 0.25) is 15.1 Å². The Hall–Kier alpha value is -2.00. The molecule has 0 spiro atoms. The third kappa shape index (κ3) is 6.50. The van der Waals surface area contributed by atoms with E-state index in [4.69, 9.17) is 34.8 Å². The molecule has 2 aromatic carbocycles. The average molecular weight is 494 g/mol. The zero-order valence-corrected chi connectivity index (χ0v) is 19.2. The van der Waals surface area contributed by atoms with E-state index < -0.39 is 16.0 Å². The number of hydrogen-bond acceptors (Lipinski definition) is 5. The Bertz CT molecular complexity index is 1060. The molecule has 0 aliphatic carbocycles. The molecule has 0 aliphatic heterocycles. The quantitative estimate of drug-likeness (QED) is 0.542. The van der Waals surface area contributed by atoms with E-state index in [-0.39, 0.29) is 46.6 Å². The van der Waals surface area contributed by atoms with Gasteiger partial charge in [0.1, 0.15) is 0 Å². The average Bonchev–Trinajstić information content (AvgIpc) is 2.67. The summed E-state index contributed by atoms with van der Waals surface area (Å²) in [5.41, 5.74) is 0.728. The molecule has 0 saturated heterocycles. The second kappa shape index (κ2) is 10.3. The summed E-state index contributed by atoms with van der Waals surface area (Å²) in [5, 5.41) is 3.40. The molecule has 0 aromatic heterocycles. The largest absolute Gasteiger partial charge is 0.465 e. The molecule has 0 aliphatic rings. The molecule has 1 amide bonds. The molecule has 162 valence electrons. The number of halogens is 3. The Morgan fingerprint density at radius 3 is 2.37 bits per heavy atom. The van der Waals surface area contributed by atoms with Gasteiger partial charge in [0.05, 0.1) is 34.7 Å². The van der Waals surface area contributed by atoms with Crippen molar-refractivity contribution in [2.24, 2.45) is 0 Å². The van der Waals surface area contributed by atoms with Crippen LogP contribution in [0.25, 0.3) is 0 Å². The Balaban J connectivity index is 2.05. The van der Waals surface area contributed by atoms with Gasteiger partial charge in [-0.25, -0.2) is 13.2 Å². The lowest BCUT2D eigenvalue weighted by Crippen LogP contribution is -2.31. The number of methoxy groups -OCH3 is 1. The number of nitrogens with zero attached hydrogens (tertiary/aromatic N) is 1. The fraction of sp³-hybridized carbons (Fsp3) is 0.263. The molecule has 2 rings (SSSR count). The molecule has 11 heteroatoms. The molecule has 0 heterocycles. The van der Waals surface area contributed by atoms with Crippen molar-refractivity contribution < 1.29 is 22.7 Å². The first-order valence-corrected chi connectivity index (χ1v) is 11.6. The van der Waals surface area contributed by atoms with Crippen LogP contribution in [0.1, 0.15) is 23.2 Å². The van der Waals surface area contributed by atoms with E-state index in [1.54, 1.807) is 12.1 Å². The van der Waals surface area contributed by atoms with Crippen LogP contribution in [0.5, 0.6) is 0 Å². The van der Waals surface area contributed by atoms with Crippen LogP contribution in [0.15, 0.2) is 36.4 Å². The molecule has 7 nitrogen and oxygen atoms in total. The number of rotatable bonds is 8. The second-order valence-electron chi connectivity index (χ2n) is 6.27. The zero-order valence-electron chi connectivity index (χ0n) is 16.1. The molecular formula is C19H19Cl3N2O5S. The van der Waals surface area contributed by atoms with E-state index >= 15 is 0 Å². The lowest BCUT2D eigenvalue weighted by molar-refractivity contribution is -0.116. The fourth-order valence-electron chi connectivity index (χ4n) is 2.62. The number of esters is 1. The molecule has 0 saturated carbocycles. The highest BCUT2D eigenvalue weighted by molar-refractivity contribution is 7.92. The Kier molecular flexibility index (Phi) is 8.37. The van der Waals surface area contributed by atoms with Crippen LogP contribution < -0.4 is 9.62 Å². The number of sulfonamides is 1. The van der Waals surface area contributed by atoms with Crippen molar-refractivity contribution in [2.75, 3.05) is 29.5 Å². The Labute approximate surface area is 189 Å². The van der Waals surface area contributed by atoms with Crippen LogP contribution in [-0.2, 0) is 19.6 Å². The third-order valence-electron chi connectivity index (χ3n) is 4.00. The molecular weight excluding hydrogens is 475 g/mol. The predicted molar refractivity (Wildman–Crippen MR) is 119 cm³/mol. The summed E-state index contributed by atoms with van der Waals surface area (Å²) in [7, 11) is -2.42.